The maximum Gasteiger partial charge on any atom is 0.338 e. The molecule has 0 heterocycles. The van der Waals surface area contributed by atoms with Gasteiger partial charge in [-0.2, -0.15) is 0 Å². The molecule has 0 amide bonds. The van der Waals surface area contributed by atoms with Crippen LogP contribution in [0.5, 0.6) is 0 Å². The normalized spacial score (nSPS) is 9.27. The highest BCUT2D eigenvalue weighted by atomic mass is 16.5. The van der Waals surface area contributed by atoms with Gasteiger partial charge in [-0.1, -0.05) is 12.1 Å². The standard InChI is InChI=1S/C9H9O2/c1-7-5-3-4-6-8(7)9(10)11-2/h4-6H,1-2H3. The minimum absolute atomic E-state index is 0.295. The third kappa shape index (κ3) is 1.58. The van der Waals surface area contributed by atoms with Crippen molar-refractivity contribution in [3.8, 4) is 0 Å². The molecule has 0 unspecified atom stereocenters. The molecule has 0 aliphatic carbocycles. The van der Waals surface area contributed by atoms with E-state index >= 15 is 0 Å². The second kappa shape index (κ2) is 3.19. The lowest BCUT2D eigenvalue weighted by atomic mass is 10.1. The van der Waals surface area contributed by atoms with Crippen LogP contribution in [0.1, 0.15) is 15.9 Å². The van der Waals surface area contributed by atoms with Crippen molar-refractivity contribution in [1.82, 2.24) is 0 Å². The van der Waals surface area contributed by atoms with Gasteiger partial charge >= 0.3 is 5.97 Å². The SMILES string of the molecule is COC(=O)c1cc[c]cc1C. The topological polar surface area (TPSA) is 26.3 Å². The molecule has 0 bridgehead atoms. The van der Waals surface area contributed by atoms with Gasteiger partial charge in [-0.05, 0) is 24.6 Å². The number of rotatable bonds is 1. The van der Waals surface area contributed by atoms with Crippen molar-refractivity contribution in [3.63, 3.8) is 0 Å². The van der Waals surface area contributed by atoms with Crippen molar-refractivity contribution in [2.75, 3.05) is 7.11 Å². The van der Waals surface area contributed by atoms with Crippen molar-refractivity contribution >= 4 is 5.97 Å². The highest BCUT2D eigenvalue weighted by Gasteiger charge is 2.06. The molecule has 0 spiro atoms. The van der Waals surface area contributed by atoms with Crippen molar-refractivity contribution in [3.05, 3.63) is 35.4 Å². The molecule has 0 N–H and O–H groups in total. The number of esters is 1. The van der Waals surface area contributed by atoms with Crippen LogP contribution in [0.3, 0.4) is 0 Å². The highest BCUT2D eigenvalue weighted by molar-refractivity contribution is 5.90. The van der Waals surface area contributed by atoms with E-state index in [9.17, 15) is 4.79 Å². The van der Waals surface area contributed by atoms with E-state index < -0.39 is 0 Å². The summed E-state index contributed by atoms with van der Waals surface area (Å²) >= 11 is 0. The maximum atomic E-state index is 11.0. The molecule has 0 aliphatic rings. The Morgan fingerprint density at radius 3 is 2.91 bits per heavy atom. The van der Waals surface area contributed by atoms with Crippen LogP contribution in [0, 0.1) is 13.0 Å². The van der Waals surface area contributed by atoms with Gasteiger partial charge in [0, 0.05) is 0 Å². The molecule has 11 heavy (non-hydrogen) atoms. The molecule has 57 valence electrons. The Balaban J connectivity index is 3.03. The molecular weight excluding hydrogens is 140 g/mol. The number of hydrogen-bond acceptors (Lipinski definition) is 2. The first-order valence-corrected chi connectivity index (χ1v) is 3.30. The molecule has 0 saturated heterocycles. The highest BCUT2D eigenvalue weighted by Crippen LogP contribution is 2.06. The number of aryl methyl sites for hydroxylation is 1. The lowest BCUT2D eigenvalue weighted by molar-refractivity contribution is 0.0600. The number of ether oxygens (including phenoxy) is 1. The van der Waals surface area contributed by atoms with Crippen LogP contribution in [-0.4, -0.2) is 13.1 Å². The Labute approximate surface area is 65.8 Å². The van der Waals surface area contributed by atoms with Gasteiger partial charge in [0.25, 0.3) is 0 Å². The average Bonchev–Trinajstić information content (AvgIpc) is 2.04. The fourth-order valence-electron chi connectivity index (χ4n) is 0.853. The van der Waals surface area contributed by atoms with Crippen LogP contribution >= 0.6 is 0 Å². The van der Waals surface area contributed by atoms with Gasteiger partial charge in [-0.25, -0.2) is 4.79 Å². The Morgan fingerprint density at radius 1 is 1.64 bits per heavy atom. The average molecular weight is 149 g/mol. The molecule has 0 saturated carbocycles. The van der Waals surface area contributed by atoms with E-state index in [1.807, 2.05) is 6.92 Å². The van der Waals surface area contributed by atoms with Crippen LogP contribution in [0.4, 0.5) is 0 Å². The second-order valence-electron chi connectivity index (χ2n) is 2.23. The van der Waals surface area contributed by atoms with Crippen LogP contribution in [-0.2, 0) is 4.74 Å². The summed E-state index contributed by atoms with van der Waals surface area (Å²) in [5, 5.41) is 0. The van der Waals surface area contributed by atoms with E-state index in [0.717, 1.165) is 5.56 Å². The first-order chi connectivity index (χ1) is 5.25. The zero-order chi connectivity index (χ0) is 8.27. The largest absolute Gasteiger partial charge is 0.465 e. The van der Waals surface area contributed by atoms with E-state index in [1.165, 1.54) is 7.11 Å². The van der Waals surface area contributed by atoms with Crippen molar-refractivity contribution in [1.29, 1.82) is 0 Å². The zero-order valence-corrected chi connectivity index (χ0v) is 6.55. The van der Waals surface area contributed by atoms with Crippen LogP contribution in [0.15, 0.2) is 18.2 Å². The quantitative estimate of drug-likeness (QED) is 0.567. The summed E-state index contributed by atoms with van der Waals surface area (Å²) < 4.78 is 4.56. The molecule has 0 fully saturated rings. The van der Waals surface area contributed by atoms with Gasteiger partial charge in [0.05, 0.1) is 12.7 Å². The summed E-state index contributed by atoms with van der Waals surface area (Å²) in [6.07, 6.45) is 0. The predicted molar refractivity (Wildman–Crippen MR) is 41.4 cm³/mol. The fourth-order valence-corrected chi connectivity index (χ4v) is 0.853. The lowest BCUT2D eigenvalue weighted by Crippen LogP contribution is -2.02. The monoisotopic (exact) mass is 149 g/mol. The van der Waals surface area contributed by atoms with Gasteiger partial charge in [-0.3, -0.25) is 0 Å². The van der Waals surface area contributed by atoms with Crippen LogP contribution in [0.2, 0.25) is 0 Å². The molecular formula is C9H9O2. The number of hydrogen-bond donors (Lipinski definition) is 0. The van der Waals surface area contributed by atoms with Gasteiger partial charge in [0.15, 0.2) is 0 Å². The summed E-state index contributed by atoms with van der Waals surface area (Å²) in [5.41, 5.74) is 1.49. The lowest BCUT2D eigenvalue weighted by Gasteiger charge is -2.00. The fraction of sp³-hybridized carbons (Fsp3) is 0.222. The summed E-state index contributed by atoms with van der Waals surface area (Å²) in [6.45, 7) is 1.85. The summed E-state index contributed by atoms with van der Waals surface area (Å²) in [6, 6.07) is 8.02. The predicted octanol–water partition coefficient (Wildman–Crippen LogP) is 1.58. The first kappa shape index (κ1) is 7.79. The van der Waals surface area contributed by atoms with Gasteiger partial charge in [-0.15, -0.1) is 0 Å². The van der Waals surface area contributed by atoms with E-state index in [2.05, 4.69) is 10.8 Å². The molecule has 0 atom stereocenters. The maximum absolute atomic E-state index is 11.0. The van der Waals surface area contributed by atoms with Gasteiger partial charge < -0.3 is 4.74 Å². The Hall–Kier alpha value is -1.31. The Bertz CT molecular complexity index is 266. The molecule has 1 radical (unpaired) electrons. The zero-order valence-electron chi connectivity index (χ0n) is 6.55. The smallest absolute Gasteiger partial charge is 0.338 e. The molecule has 0 aliphatic heterocycles. The summed E-state index contributed by atoms with van der Waals surface area (Å²) in [7, 11) is 1.37. The number of carbonyl (C=O) groups excluding carboxylic acids is 1. The van der Waals surface area contributed by atoms with Crippen molar-refractivity contribution in [2.45, 2.75) is 6.92 Å². The van der Waals surface area contributed by atoms with Crippen molar-refractivity contribution < 1.29 is 9.53 Å². The minimum atomic E-state index is -0.295. The molecule has 1 aromatic carbocycles. The number of methoxy groups -OCH3 is 1. The van der Waals surface area contributed by atoms with E-state index in [-0.39, 0.29) is 5.97 Å². The second-order valence-corrected chi connectivity index (χ2v) is 2.23. The number of carbonyl (C=O) groups is 1. The van der Waals surface area contributed by atoms with Crippen LogP contribution < -0.4 is 0 Å². The van der Waals surface area contributed by atoms with Gasteiger partial charge in [0.2, 0.25) is 0 Å². The molecule has 2 nitrogen and oxygen atoms in total. The van der Waals surface area contributed by atoms with Gasteiger partial charge in [0.1, 0.15) is 0 Å². The molecule has 0 aromatic heterocycles. The Morgan fingerprint density at radius 2 is 2.36 bits per heavy atom. The minimum Gasteiger partial charge on any atom is -0.465 e. The van der Waals surface area contributed by atoms with E-state index in [4.69, 9.17) is 0 Å². The number of benzene rings is 1. The Kier molecular flexibility index (Phi) is 2.26. The van der Waals surface area contributed by atoms with Crippen LogP contribution in [0.25, 0.3) is 0 Å². The molecule has 1 rings (SSSR count). The molecule has 2 heteroatoms. The third-order valence-corrected chi connectivity index (χ3v) is 1.48. The van der Waals surface area contributed by atoms with Crippen molar-refractivity contribution in [2.24, 2.45) is 0 Å². The third-order valence-electron chi connectivity index (χ3n) is 1.48. The summed E-state index contributed by atoms with van der Waals surface area (Å²) in [4.78, 5) is 11.0. The van der Waals surface area contributed by atoms with E-state index in [0.29, 0.717) is 5.56 Å². The first-order valence-electron chi connectivity index (χ1n) is 3.30. The summed E-state index contributed by atoms with van der Waals surface area (Å²) in [5.74, 6) is -0.295. The van der Waals surface area contributed by atoms with E-state index in [1.54, 1.807) is 18.2 Å². The molecule has 1 aromatic rings.